The molecule has 1 aliphatic rings. The summed E-state index contributed by atoms with van der Waals surface area (Å²) in [5.41, 5.74) is 1.31. The van der Waals surface area contributed by atoms with Gasteiger partial charge in [0.05, 0.1) is 6.10 Å². The number of aryl methyl sites for hydroxylation is 2. The van der Waals surface area contributed by atoms with Gasteiger partial charge in [-0.15, -0.1) is 0 Å². The standard InChI is InChI=1S/C14H25N3O/c1-4-14-12(8-10-18-14)13(15-2)6-5-11-7-9-16-17(11)3/h7,9,12-15H,4-6,8,10H2,1-3H3. The molecule has 0 bridgehead atoms. The second-order valence-corrected chi connectivity index (χ2v) is 5.15. The molecule has 4 nitrogen and oxygen atoms in total. The van der Waals surface area contributed by atoms with Crippen LogP contribution in [0.3, 0.4) is 0 Å². The molecule has 1 fully saturated rings. The van der Waals surface area contributed by atoms with Crippen LogP contribution in [-0.4, -0.2) is 35.6 Å². The fraction of sp³-hybridized carbons (Fsp3) is 0.786. The van der Waals surface area contributed by atoms with Crippen LogP contribution in [0.4, 0.5) is 0 Å². The van der Waals surface area contributed by atoms with Crippen LogP contribution < -0.4 is 5.32 Å². The lowest BCUT2D eigenvalue weighted by atomic mass is 9.88. The highest BCUT2D eigenvalue weighted by atomic mass is 16.5. The van der Waals surface area contributed by atoms with E-state index in [-0.39, 0.29) is 0 Å². The lowest BCUT2D eigenvalue weighted by molar-refractivity contribution is 0.0773. The van der Waals surface area contributed by atoms with E-state index in [2.05, 4.69) is 30.5 Å². The van der Waals surface area contributed by atoms with E-state index in [9.17, 15) is 0 Å². The summed E-state index contributed by atoms with van der Waals surface area (Å²) in [6.07, 6.45) is 6.85. The lowest BCUT2D eigenvalue weighted by Crippen LogP contribution is -2.38. The minimum absolute atomic E-state index is 0.439. The van der Waals surface area contributed by atoms with E-state index in [1.165, 1.54) is 12.1 Å². The maximum Gasteiger partial charge on any atom is 0.0616 e. The van der Waals surface area contributed by atoms with E-state index >= 15 is 0 Å². The first-order chi connectivity index (χ1) is 8.76. The van der Waals surface area contributed by atoms with Gasteiger partial charge in [0.2, 0.25) is 0 Å². The minimum Gasteiger partial charge on any atom is -0.378 e. The van der Waals surface area contributed by atoms with Crippen LogP contribution in [0.15, 0.2) is 12.3 Å². The summed E-state index contributed by atoms with van der Waals surface area (Å²) in [6.45, 7) is 3.14. The van der Waals surface area contributed by atoms with Crippen LogP contribution in [0.5, 0.6) is 0 Å². The molecular formula is C14H25N3O. The molecule has 3 unspecified atom stereocenters. The molecule has 102 valence electrons. The Morgan fingerprint density at radius 1 is 1.61 bits per heavy atom. The number of hydrogen-bond acceptors (Lipinski definition) is 3. The van der Waals surface area contributed by atoms with Gasteiger partial charge in [-0.05, 0) is 38.8 Å². The van der Waals surface area contributed by atoms with Crippen molar-refractivity contribution in [2.45, 2.75) is 44.8 Å². The van der Waals surface area contributed by atoms with Crippen LogP contribution in [0.2, 0.25) is 0 Å². The molecule has 2 rings (SSSR count). The molecule has 1 aliphatic heterocycles. The zero-order valence-electron chi connectivity index (χ0n) is 11.7. The Labute approximate surface area is 110 Å². The summed E-state index contributed by atoms with van der Waals surface area (Å²) >= 11 is 0. The number of nitrogens with one attached hydrogen (secondary N) is 1. The topological polar surface area (TPSA) is 39.1 Å². The van der Waals surface area contributed by atoms with Crippen LogP contribution in [0.25, 0.3) is 0 Å². The monoisotopic (exact) mass is 251 g/mol. The zero-order chi connectivity index (χ0) is 13.0. The quantitative estimate of drug-likeness (QED) is 0.837. The van der Waals surface area contributed by atoms with Gasteiger partial charge in [-0.2, -0.15) is 5.10 Å². The maximum absolute atomic E-state index is 5.80. The molecular weight excluding hydrogens is 226 g/mol. The van der Waals surface area contributed by atoms with Crippen molar-refractivity contribution in [3.8, 4) is 0 Å². The second-order valence-electron chi connectivity index (χ2n) is 5.15. The Balaban J connectivity index is 1.91. The third-order valence-electron chi connectivity index (χ3n) is 4.18. The average Bonchev–Trinajstić information content (AvgIpc) is 2.99. The molecule has 1 aromatic heterocycles. The number of ether oxygens (including phenoxy) is 1. The van der Waals surface area contributed by atoms with E-state index in [0.29, 0.717) is 18.1 Å². The van der Waals surface area contributed by atoms with Gasteiger partial charge in [0, 0.05) is 37.5 Å². The molecule has 2 heterocycles. The van der Waals surface area contributed by atoms with Crippen molar-refractivity contribution in [1.29, 1.82) is 0 Å². The number of nitrogens with zero attached hydrogens (tertiary/aromatic N) is 2. The van der Waals surface area contributed by atoms with E-state index < -0.39 is 0 Å². The zero-order valence-corrected chi connectivity index (χ0v) is 11.7. The molecule has 1 aromatic rings. The SMILES string of the molecule is CCC1OCCC1C(CCc1ccnn1C)NC. The Morgan fingerprint density at radius 2 is 2.44 bits per heavy atom. The normalized spacial score (nSPS) is 25.5. The number of rotatable bonds is 6. The minimum atomic E-state index is 0.439. The van der Waals surface area contributed by atoms with Crippen LogP contribution in [-0.2, 0) is 18.2 Å². The second kappa shape index (κ2) is 6.34. The summed E-state index contributed by atoms with van der Waals surface area (Å²) in [5, 5.41) is 7.70. The van der Waals surface area contributed by atoms with Gasteiger partial charge in [0.15, 0.2) is 0 Å². The van der Waals surface area contributed by atoms with Gasteiger partial charge >= 0.3 is 0 Å². The number of aromatic nitrogens is 2. The molecule has 1 N–H and O–H groups in total. The van der Waals surface area contributed by atoms with Gasteiger partial charge in [0.25, 0.3) is 0 Å². The van der Waals surface area contributed by atoms with Crippen molar-refractivity contribution >= 4 is 0 Å². The molecule has 0 aromatic carbocycles. The lowest BCUT2D eigenvalue weighted by Gasteiger charge is -2.26. The van der Waals surface area contributed by atoms with Crippen LogP contribution in [0, 0.1) is 5.92 Å². The van der Waals surface area contributed by atoms with Crippen molar-refractivity contribution in [2.24, 2.45) is 13.0 Å². The van der Waals surface area contributed by atoms with Gasteiger partial charge in [0.1, 0.15) is 0 Å². The first-order valence-electron chi connectivity index (χ1n) is 7.02. The summed E-state index contributed by atoms with van der Waals surface area (Å²) in [4.78, 5) is 0. The fourth-order valence-corrected chi connectivity index (χ4v) is 3.07. The molecule has 0 radical (unpaired) electrons. The highest BCUT2D eigenvalue weighted by molar-refractivity contribution is 5.01. The van der Waals surface area contributed by atoms with Gasteiger partial charge in [-0.1, -0.05) is 6.92 Å². The summed E-state index contributed by atoms with van der Waals surface area (Å²) < 4.78 is 7.77. The fourth-order valence-electron chi connectivity index (χ4n) is 3.07. The molecule has 0 amide bonds. The van der Waals surface area contributed by atoms with Gasteiger partial charge in [-0.3, -0.25) is 4.68 Å². The summed E-state index contributed by atoms with van der Waals surface area (Å²) in [6, 6.07) is 2.65. The van der Waals surface area contributed by atoms with Crippen molar-refractivity contribution in [1.82, 2.24) is 15.1 Å². The van der Waals surface area contributed by atoms with E-state index in [1.54, 1.807) is 0 Å². The predicted octanol–water partition coefficient (Wildman–Crippen LogP) is 1.76. The molecule has 0 spiro atoms. The molecule has 18 heavy (non-hydrogen) atoms. The Morgan fingerprint density at radius 3 is 3.06 bits per heavy atom. The van der Waals surface area contributed by atoms with E-state index in [4.69, 9.17) is 4.74 Å². The van der Waals surface area contributed by atoms with Gasteiger partial charge < -0.3 is 10.1 Å². The Bertz CT molecular complexity index is 364. The van der Waals surface area contributed by atoms with Crippen molar-refractivity contribution < 1.29 is 4.74 Å². The molecule has 0 aliphatic carbocycles. The maximum atomic E-state index is 5.80. The summed E-state index contributed by atoms with van der Waals surface area (Å²) in [5.74, 6) is 0.660. The third kappa shape index (κ3) is 2.93. The first kappa shape index (κ1) is 13.6. The van der Waals surface area contributed by atoms with Crippen LogP contribution >= 0.6 is 0 Å². The largest absolute Gasteiger partial charge is 0.378 e. The molecule has 3 atom stereocenters. The highest BCUT2D eigenvalue weighted by Crippen LogP contribution is 2.28. The Hall–Kier alpha value is -0.870. The summed E-state index contributed by atoms with van der Waals surface area (Å²) in [7, 11) is 4.08. The molecule has 0 saturated carbocycles. The van der Waals surface area contributed by atoms with E-state index in [1.807, 2.05) is 17.9 Å². The average molecular weight is 251 g/mol. The Kier molecular flexibility index (Phi) is 4.78. The smallest absolute Gasteiger partial charge is 0.0616 e. The van der Waals surface area contributed by atoms with Crippen LogP contribution in [0.1, 0.15) is 31.9 Å². The van der Waals surface area contributed by atoms with Crippen molar-refractivity contribution in [3.63, 3.8) is 0 Å². The number of hydrogen-bond donors (Lipinski definition) is 1. The highest BCUT2D eigenvalue weighted by Gasteiger charge is 2.32. The predicted molar refractivity (Wildman–Crippen MR) is 72.5 cm³/mol. The van der Waals surface area contributed by atoms with Crippen molar-refractivity contribution in [2.75, 3.05) is 13.7 Å². The first-order valence-corrected chi connectivity index (χ1v) is 7.02. The van der Waals surface area contributed by atoms with Crippen molar-refractivity contribution in [3.05, 3.63) is 18.0 Å². The molecule has 1 saturated heterocycles. The van der Waals surface area contributed by atoms with Gasteiger partial charge in [-0.25, -0.2) is 0 Å². The van der Waals surface area contributed by atoms with E-state index in [0.717, 1.165) is 25.9 Å². The third-order valence-corrected chi connectivity index (χ3v) is 4.18. The molecule has 4 heteroatoms.